The number of hydrogen-bond acceptors (Lipinski definition) is 6. The van der Waals surface area contributed by atoms with Crippen LogP contribution in [0.5, 0.6) is 0 Å². The van der Waals surface area contributed by atoms with Gasteiger partial charge in [-0.05, 0) is 142 Å². The molecular formula is C53H78N2O4. The van der Waals surface area contributed by atoms with Gasteiger partial charge in [0.2, 0.25) is 0 Å². The first-order chi connectivity index (χ1) is 27.6. The van der Waals surface area contributed by atoms with Gasteiger partial charge in [-0.2, -0.15) is 0 Å². The smallest absolute Gasteiger partial charge is 0.306 e. The minimum absolute atomic E-state index is 0.0221. The number of Topliss-reactive ketones (excluding diaryl/α,β-unsaturated/α-hetero) is 2. The van der Waals surface area contributed by atoms with Gasteiger partial charge < -0.3 is 14.5 Å². The van der Waals surface area contributed by atoms with E-state index in [1.807, 2.05) is 70.1 Å². The fraction of sp³-hybridized carbons (Fsp3) is 0.528. The Kier molecular flexibility index (Phi) is 21.5. The van der Waals surface area contributed by atoms with E-state index < -0.39 is 6.10 Å². The number of ether oxygens (including phenoxy) is 1. The lowest BCUT2D eigenvalue weighted by Crippen LogP contribution is -2.39. The number of esters is 1. The molecule has 2 rings (SSSR count). The van der Waals surface area contributed by atoms with Crippen molar-refractivity contribution in [3.63, 3.8) is 0 Å². The molecule has 2 atom stereocenters. The van der Waals surface area contributed by atoms with Crippen LogP contribution in [0.1, 0.15) is 121 Å². The van der Waals surface area contributed by atoms with Crippen molar-refractivity contribution in [2.75, 3.05) is 41.3 Å². The lowest BCUT2D eigenvalue weighted by molar-refractivity contribution is -0.156. The van der Waals surface area contributed by atoms with Gasteiger partial charge in [0, 0.05) is 18.8 Å². The molecule has 0 aromatic carbocycles. The number of carbonyl (C=O) groups excluding carboxylic acids is 3. The zero-order valence-electron chi connectivity index (χ0n) is 39.3. The summed E-state index contributed by atoms with van der Waals surface area (Å²) in [6, 6.07) is 0. The van der Waals surface area contributed by atoms with Gasteiger partial charge in [0.05, 0.1) is 0 Å². The third kappa shape index (κ3) is 18.4. The molecule has 59 heavy (non-hydrogen) atoms. The monoisotopic (exact) mass is 807 g/mol. The van der Waals surface area contributed by atoms with Gasteiger partial charge in [-0.25, -0.2) is 0 Å². The van der Waals surface area contributed by atoms with E-state index in [4.69, 9.17) is 4.74 Å². The van der Waals surface area contributed by atoms with E-state index in [1.54, 1.807) is 0 Å². The van der Waals surface area contributed by atoms with Crippen LogP contribution >= 0.6 is 0 Å². The van der Waals surface area contributed by atoms with Crippen LogP contribution < -0.4 is 0 Å². The summed E-state index contributed by atoms with van der Waals surface area (Å²) in [4.78, 5) is 43.1. The maximum absolute atomic E-state index is 13.3. The van der Waals surface area contributed by atoms with Gasteiger partial charge in [0.15, 0.2) is 17.7 Å². The quantitative estimate of drug-likeness (QED) is 0.0654. The van der Waals surface area contributed by atoms with Crippen LogP contribution in [0.25, 0.3) is 0 Å². The Morgan fingerprint density at radius 3 is 1.56 bits per heavy atom. The van der Waals surface area contributed by atoms with Crippen molar-refractivity contribution in [2.24, 2.45) is 16.7 Å². The summed E-state index contributed by atoms with van der Waals surface area (Å²) in [6.07, 6.45) is 35.3. The van der Waals surface area contributed by atoms with E-state index in [0.717, 1.165) is 65.8 Å². The molecule has 2 aliphatic carbocycles. The third-order valence-corrected chi connectivity index (χ3v) is 11.3. The van der Waals surface area contributed by atoms with Crippen LogP contribution in [0.4, 0.5) is 0 Å². The summed E-state index contributed by atoms with van der Waals surface area (Å²) >= 11 is 0. The first kappa shape index (κ1) is 51.0. The van der Waals surface area contributed by atoms with Crippen molar-refractivity contribution in [3.05, 3.63) is 130 Å². The van der Waals surface area contributed by atoms with Crippen molar-refractivity contribution in [3.8, 4) is 0 Å². The Labute approximate surface area is 359 Å². The summed E-state index contributed by atoms with van der Waals surface area (Å²) in [5.74, 6) is 0.0619. The molecule has 0 N–H and O–H groups in total. The van der Waals surface area contributed by atoms with E-state index in [0.29, 0.717) is 30.6 Å². The predicted octanol–water partition coefficient (Wildman–Crippen LogP) is 12.2. The van der Waals surface area contributed by atoms with Crippen LogP contribution in [0.2, 0.25) is 0 Å². The molecule has 0 amide bonds. The molecule has 0 spiro atoms. The lowest BCUT2D eigenvalue weighted by Gasteiger charge is -2.37. The third-order valence-electron chi connectivity index (χ3n) is 11.3. The summed E-state index contributed by atoms with van der Waals surface area (Å²) in [6.45, 7) is 22.8. The maximum Gasteiger partial charge on any atom is 0.306 e. The minimum Gasteiger partial charge on any atom is -0.454 e. The highest BCUT2D eigenvalue weighted by molar-refractivity contribution is 6.01. The second-order valence-corrected chi connectivity index (χ2v) is 18.6. The minimum atomic E-state index is -0.725. The van der Waals surface area contributed by atoms with Crippen LogP contribution in [0.3, 0.4) is 0 Å². The molecule has 0 heterocycles. The van der Waals surface area contributed by atoms with Crippen molar-refractivity contribution in [1.29, 1.82) is 0 Å². The average Bonchev–Trinajstić information content (AvgIpc) is 3.13. The highest BCUT2D eigenvalue weighted by Crippen LogP contribution is 2.44. The highest BCUT2D eigenvalue weighted by Gasteiger charge is 2.40. The molecule has 0 aromatic heterocycles. The molecule has 2 aliphatic rings. The largest absolute Gasteiger partial charge is 0.454 e. The zero-order valence-corrected chi connectivity index (χ0v) is 39.3. The molecule has 0 saturated carbocycles. The summed E-state index contributed by atoms with van der Waals surface area (Å²) in [5, 5.41) is 0. The van der Waals surface area contributed by atoms with Crippen LogP contribution in [0.15, 0.2) is 130 Å². The van der Waals surface area contributed by atoms with Gasteiger partial charge in [-0.3, -0.25) is 14.4 Å². The van der Waals surface area contributed by atoms with E-state index in [2.05, 4.69) is 122 Å². The second-order valence-electron chi connectivity index (χ2n) is 18.6. The van der Waals surface area contributed by atoms with Gasteiger partial charge in [-0.15, -0.1) is 0 Å². The zero-order chi connectivity index (χ0) is 44.3. The van der Waals surface area contributed by atoms with Gasteiger partial charge in [0.1, 0.15) is 0 Å². The number of hydrogen-bond donors (Lipinski definition) is 0. The van der Waals surface area contributed by atoms with Crippen molar-refractivity contribution < 1.29 is 19.1 Å². The molecule has 0 aromatic rings. The molecule has 0 aliphatic heterocycles. The molecule has 0 radical (unpaired) electrons. The standard InChI is InChI=1S/C53H78N2O4/c1-39(25-20-27-41(3)31-33-46-43(5)50(57)45(37-52(46,7)8)29-16-15-19-35-54(11)12)23-17-18-24-40(2)26-21-28-42(4)32-34-47-44(6)51(58)48(38-53(47,9)10)59-49(56)30-22-36-55(13)14/h17-18,20-21,23-28,31-34,45,48H,15-16,19,22,29-30,35-38H2,1-14H3/b18-17+,25-20+,26-21+,33-31+,34-32+,39-23+,40-24+,41-27+,42-28+. The fourth-order valence-corrected chi connectivity index (χ4v) is 7.87. The van der Waals surface area contributed by atoms with E-state index in [1.165, 1.54) is 18.4 Å². The molecule has 0 saturated heterocycles. The Morgan fingerprint density at radius 2 is 1.05 bits per heavy atom. The van der Waals surface area contributed by atoms with Crippen LogP contribution in [-0.4, -0.2) is 74.7 Å². The number of unbranched alkanes of at least 4 members (excludes halogenated alkanes) is 2. The van der Waals surface area contributed by atoms with E-state index >= 15 is 0 Å². The predicted molar refractivity (Wildman–Crippen MR) is 251 cm³/mol. The number of rotatable bonds is 21. The average molecular weight is 807 g/mol. The second kappa shape index (κ2) is 24.8. The summed E-state index contributed by atoms with van der Waals surface area (Å²) < 4.78 is 5.65. The molecule has 6 nitrogen and oxygen atoms in total. The molecule has 6 heteroatoms. The topological polar surface area (TPSA) is 66.9 Å². The molecular weight excluding hydrogens is 729 g/mol. The highest BCUT2D eigenvalue weighted by atomic mass is 16.5. The number of carbonyl (C=O) groups is 3. The van der Waals surface area contributed by atoms with Crippen molar-refractivity contribution in [2.45, 2.75) is 127 Å². The fourth-order valence-electron chi connectivity index (χ4n) is 7.87. The Morgan fingerprint density at radius 1 is 0.610 bits per heavy atom. The normalized spacial score (nSPS) is 21.4. The first-order valence-corrected chi connectivity index (χ1v) is 21.7. The molecule has 0 bridgehead atoms. The van der Waals surface area contributed by atoms with Crippen molar-refractivity contribution >= 4 is 17.5 Å². The number of ketones is 2. The SMILES string of the molecule is CC1=C(/C=C/C(C)=C/C=C/C(C)=C/C=C/C=C(C)/C=C/C=C(C)/C=C/C2=C(C)C(=O)C(OC(=O)CCCN(C)C)CC2(C)C)C(C)(C)CC(CCCCCN(C)C)C1=O. The Bertz CT molecular complexity index is 1810. The van der Waals surface area contributed by atoms with E-state index in [-0.39, 0.29) is 28.5 Å². The van der Waals surface area contributed by atoms with E-state index in [9.17, 15) is 14.4 Å². The number of nitrogens with zero attached hydrogens (tertiary/aromatic N) is 2. The van der Waals surface area contributed by atoms with Crippen LogP contribution in [0, 0.1) is 16.7 Å². The van der Waals surface area contributed by atoms with Crippen LogP contribution in [-0.2, 0) is 19.1 Å². The van der Waals surface area contributed by atoms with Gasteiger partial charge >= 0.3 is 5.97 Å². The molecule has 2 unspecified atom stereocenters. The van der Waals surface area contributed by atoms with Crippen molar-refractivity contribution in [1.82, 2.24) is 9.80 Å². The van der Waals surface area contributed by atoms with Gasteiger partial charge in [-0.1, -0.05) is 148 Å². The number of allylic oxidation sites excluding steroid dienone is 21. The maximum atomic E-state index is 13.3. The molecule has 324 valence electrons. The lowest BCUT2D eigenvalue weighted by atomic mass is 9.66. The Hall–Kier alpha value is -4.13. The first-order valence-electron chi connectivity index (χ1n) is 21.7. The molecule has 0 fully saturated rings. The summed E-state index contributed by atoms with van der Waals surface area (Å²) in [7, 11) is 8.17. The Balaban J connectivity index is 1.94. The summed E-state index contributed by atoms with van der Waals surface area (Å²) in [5.41, 5.74) is 7.89. The van der Waals surface area contributed by atoms with Gasteiger partial charge in [0.25, 0.3) is 0 Å².